The largest absolute Gasteiger partial charge is 0.393 e. The Hall–Kier alpha value is -0.600. The second-order valence-electron chi connectivity index (χ2n) is 14.1. The van der Waals surface area contributed by atoms with Gasteiger partial charge in [0.2, 0.25) is 0 Å². The fourth-order valence-corrected chi connectivity index (χ4v) is 9.39. The lowest BCUT2D eigenvalue weighted by Crippen LogP contribution is -2.58. The van der Waals surface area contributed by atoms with Crippen molar-refractivity contribution in [3.63, 3.8) is 0 Å². The molecule has 0 unspecified atom stereocenters. The van der Waals surface area contributed by atoms with Crippen LogP contribution < -0.4 is 0 Å². The van der Waals surface area contributed by atoms with Crippen molar-refractivity contribution >= 4 is 0 Å². The van der Waals surface area contributed by atoms with Crippen molar-refractivity contribution < 1.29 is 10.2 Å². The van der Waals surface area contributed by atoms with Gasteiger partial charge in [0.15, 0.2) is 0 Å². The van der Waals surface area contributed by atoms with E-state index >= 15 is 0 Å². The van der Waals surface area contributed by atoms with E-state index in [2.05, 4.69) is 53.7 Å². The fourth-order valence-electron chi connectivity index (χ4n) is 9.39. The summed E-state index contributed by atoms with van der Waals surface area (Å²) >= 11 is 0. The molecule has 0 aromatic heterocycles. The average Bonchev–Trinajstić information content (AvgIpc) is 2.96. The molecule has 3 saturated carbocycles. The van der Waals surface area contributed by atoms with Gasteiger partial charge in [-0.3, -0.25) is 0 Å². The van der Waals surface area contributed by atoms with E-state index in [0.29, 0.717) is 34.0 Å². The van der Waals surface area contributed by atoms with E-state index < -0.39 is 5.60 Å². The van der Waals surface area contributed by atoms with Gasteiger partial charge in [0.1, 0.15) is 0 Å². The molecule has 0 heterocycles. The first kappa shape index (κ1) is 24.5. The van der Waals surface area contributed by atoms with E-state index in [9.17, 15) is 10.2 Å². The van der Waals surface area contributed by atoms with Crippen LogP contribution in [0.3, 0.4) is 0 Å². The van der Waals surface area contributed by atoms with Crippen molar-refractivity contribution in [3.05, 3.63) is 23.8 Å². The number of fused-ring (bicyclic) bond motifs is 5. The van der Waals surface area contributed by atoms with E-state index in [1.54, 1.807) is 5.57 Å². The summed E-state index contributed by atoms with van der Waals surface area (Å²) < 4.78 is 0. The van der Waals surface area contributed by atoms with E-state index in [1.165, 1.54) is 32.1 Å². The van der Waals surface area contributed by atoms with Gasteiger partial charge in [-0.1, -0.05) is 65.3 Å². The van der Waals surface area contributed by atoms with Crippen LogP contribution in [0.25, 0.3) is 0 Å². The standard InChI is InChI=1S/C30H50O2/c1-20(10-9-16-26(2,3)32)21-13-18-30(8)23-11-12-24-27(4,5)25(31)15-17-28(24,6)22(23)14-19-29(21,30)7/h9,11,16,20-22,24-25,31-32H,10,12-15,17-19H2,1-8H3/b16-9-/t20-,21-,22+,24-,25-,28+,29-,30+/m0/s1. The second-order valence-corrected chi connectivity index (χ2v) is 14.1. The number of aliphatic hydroxyl groups excluding tert-OH is 1. The summed E-state index contributed by atoms with van der Waals surface area (Å²) in [6.45, 7) is 18.6. The average molecular weight is 443 g/mol. The van der Waals surface area contributed by atoms with Crippen LogP contribution >= 0.6 is 0 Å². The van der Waals surface area contributed by atoms with E-state index in [4.69, 9.17) is 0 Å². The van der Waals surface area contributed by atoms with Gasteiger partial charge in [-0.05, 0) is 111 Å². The lowest BCUT2D eigenvalue weighted by atomic mass is 9.41. The van der Waals surface area contributed by atoms with Crippen LogP contribution in [0.2, 0.25) is 0 Å². The number of rotatable bonds is 4. The molecule has 182 valence electrons. The molecule has 0 aromatic rings. The van der Waals surface area contributed by atoms with Crippen molar-refractivity contribution in [2.45, 2.75) is 118 Å². The van der Waals surface area contributed by atoms with Crippen LogP contribution in [0, 0.1) is 45.3 Å². The molecule has 0 amide bonds. The van der Waals surface area contributed by atoms with Crippen LogP contribution in [0.5, 0.6) is 0 Å². The van der Waals surface area contributed by atoms with Gasteiger partial charge >= 0.3 is 0 Å². The van der Waals surface area contributed by atoms with E-state index in [0.717, 1.165) is 25.2 Å². The summed E-state index contributed by atoms with van der Waals surface area (Å²) in [4.78, 5) is 0. The van der Waals surface area contributed by atoms with Gasteiger partial charge in [-0.15, -0.1) is 0 Å². The number of hydrogen-bond donors (Lipinski definition) is 2. The SMILES string of the molecule is C[C@@H](C/C=C\C(C)(C)O)[C@@H]1CC[C@]2(C)C3=CC[C@H]4C(C)(C)[C@@H](O)CC[C@]4(C)[C@@H]3CC[C@@]12C. The minimum Gasteiger partial charge on any atom is -0.393 e. The molecule has 8 atom stereocenters. The molecule has 4 aliphatic carbocycles. The van der Waals surface area contributed by atoms with Gasteiger partial charge in [0.25, 0.3) is 0 Å². The summed E-state index contributed by atoms with van der Waals surface area (Å²) in [7, 11) is 0. The zero-order chi connectivity index (χ0) is 23.7. The number of aliphatic hydroxyl groups is 2. The minimum atomic E-state index is -0.716. The maximum Gasteiger partial charge on any atom is 0.0771 e. The Morgan fingerprint density at radius 1 is 1.06 bits per heavy atom. The molecule has 3 fully saturated rings. The van der Waals surface area contributed by atoms with Crippen LogP contribution in [0.15, 0.2) is 23.8 Å². The Kier molecular flexibility index (Phi) is 5.90. The molecule has 2 heteroatoms. The minimum absolute atomic E-state index is 0.0101. The summed E-state index contributed by atoms with van der Waals surface area (Å²) in [6.07, 6.45) is 16.4. The molecular weight excluding hydrogens is 392 g/mol. The molecule has 4 rings (SSSR count). The topological polar surface area (TPSA) is 40.5 Å². The summed E-state index contributed by atoms with van der Waals surface area (Å²) in [5.74, 6) is 2.67. The Bertz CT molecular complexity index is 785. The molecule has 2 N–H and O–H groups in total. The Labute approximate surface area is 198 Å². The highest BCUT2D eigenvalue weighted by Crippen LogP contribution is 2.73. The van der Waals surface area contributed by atoms with Gasteiger partial charge < -0.3 is 10.2 Å². The highest BCUT2D eigenvalue weighted by Gasteiger charge is 2.65. The van der Waals surface area contributed by atoms with Gasteiger partial charge in [-0.2, -0.15) is 0 Å². The van der Waals surface area contributed by atoms with Crippen molar-refractivity contribution in [1.82, 2.24) is 0 Å². The van der Waals surface area contributed by atoms with Crippen LogP contribution in [0.1, 0.15) is 107 Å². The van der Waals surface area contributed by atoms with E-state index in [1.807, 2.05) is 19.9 Å². The Morgan fingerprint density at radius 2 is 1.75 bits per heavy atom. The molecular formula is C30H50O2. The first-order valence-electron chi connectivity index (χ1n) is 13.5. The summed E-state index contributed by atoms with van der Waals surface area (Å²) in [5.41, 5.74) is 2.09. The van der Waals surface area contributed by atoms with Gasteiger partial charge in [0, 0.05) is 0 Å². The van der Waals surface area contributed by atoms with Crippen molar-refractivity contribution in [3.8, 4) is 0 Å². The molecule has 0 spiro atoms. The summed E-state index contributed by atoms with van der Waals surface area (Å²) in [6, 6.07) is 0. The van der Waals surface area contributed by atoms with Gasteiger partial charge in [-0.25, -0.2) is 0 Å². The molecule has 0 radical (unpaired) electrons. The third-order valence-electron chi connectivity index (χ3n) is 11.6. The molecule has 0 saturated heterocycles. The predicted molar refractivity (Wildman–Crippen MR) is 134 cm³/mol. The third-order valence-corrected chi connectivity index (χ3v) is 11.6. The van der Waals surface area contributed by atoms with Crippen molar-refractivity contribution in [1.29, 1.82) is 0 Å². The second kappa shape index (κ2) is 7.70. The zero-order valence-corrected chi connectivity index (χ0v) is 22.2. The molecule has 4 aliphatic rings. The fraction of sp³-hybridized carbons (Fsp3) is 0.867. The van der Waals surface area contributed by atoms with Crippen LogP contribution in [0.4, 0.5) is 0 Å². The lowest BCUT2D eigenvalue weighted by Gasteiger charge is -2.64. The number of allylic oxidation sites excluding steroid dienone is 3. The maximum absolute atomic E-state index is 10.8. The maximum atomic E-state index is 10.8. The smallest absolute Gasteiger partial charge is 0.0771 e. The molecule has 0 bridgehead atoms. The van der Waals surface area contributed by atoms with Crippen LogP contribution in [-0.4, -0.2) is 21.9 Å². The van der Waals surface area contributed by atoms with E-state index in [-0.39, 0.29) is 11.5 Å². The third kappa shape index (κ3) is 3.49. The normalized spacial score (nSPS) is 46.9. The Balaban J connectivity index is 1.62. The molecule has 32 heavy (non-hydrogen) atoms. The van der Waals surface area contributed by atoms with Crippen LogP contribution in [-0.2, 0) is 0 Å². The Morgan fingerprint density at radius 3 is 2.41 bits per heavy atom. The predicted octanol–water partition coefficient (Wildman–Crippen LogP) is 7.31. The molecule has 2 nitrogen and oxygen atoms in total. The lowest BCUT2D eigenvalue weighted by molar-refractivity contribution is -0.131. The molecule has 0 aliphatic heterocycles. The molecule has 0 aromatic carbocycles. The summed E-state index contributed by atoms with van der Waals surface area (Å²) in [5, 5.41) is 20.9. The number of hydrogen-bond acceptors (Lipinski definition) is 2. The highest BCUT2D eigenvalue weighted by atomic mass is 16.3. The van der Waals surface area contributed by atoms with Crippen molar-refractivity contribution in [2.75, 3.05) is 0 Å². The highest BCUT2D eigenvalue weighted by molar-refractivity contribution is 5.33. The first-order valence-corrected chi connectivity index (χ1v) is 13.5. The van der Waals surface area contributed by atoms with Gasteiger partial charge in [0.05, 0.1) is 11.7 Å². The zero-order valence-electron chi connectivity index (χ0n) is 22.2. The first-order chi connectivity index (χ1) is 14.7. The monoisotopic (exact) mass is 442 g/mol. The quantitative estimate of drug-likeness (QED) is 0.448. The van der Waals surface area contributed by atoms with Crippen molar-refractivity contribution in [2.24, 2.45) is 45.3 Å².